The predicted molar refractivity (Wildman–Crippen MR) is 66.7 cm³/mol. The van der Waals surface area contributed by atoms with Gasteiger partial charge >= 0.3 is 0 Å². The minimum atomic E-state index is -1.29. The minimum Gasteiger partial charge on any atom is -0.505 e. The van der Waals surface area contributed by atoms with Crippen LogP contribution in [0, 0.1) is 5.92 Å². The van der Waals surface area contributed by atoms with Crippen LogP contribution in [0.3, 0.4) is 0 Å². The molecule has 0 aliphatic carbocycles. The van der Waals surface area contributed by atoms with Crippen molar-refractivity contribution in [3.8, 4) is 0 Å². The summed E-state index contributed by atoms with van der Waals surface area (Å²) in [5.41, 5.74) is 6.75. The van der Waals surface area contributed by atoms with Gasteiger partial charge in [0.1, 0.15) is 0 Å². The molecule has 4 unspecified atom stereocenters. The molecule has 0 spiro atoms. The third-order valence-electron chi connectivity index (χ3n) is 5.37. The molecule has 0 amide bonds. The smallest absolute Gasteiger partial charge is 0.245 e. The van der Waals surface area contributed by atoms with Crippen LogP contribution >= 0.6 is 0 Å². The van der Waals surface area contributed by atoms with Crippen molar-refractivity contribution in [3.05, 3.63) is 18.2 Å². The second-order valence-corrected chi connectivity index (χ2v) is 6.09. The summed E-state index contributed by atoms with van der Waals surface area (Å²) in [6.45, 7) is 7.37. The molecule has 3 fully saturated rings. The molecular weight excluding hydrogens is 244 g/mol. The molecule has 4 atom stereocenters. The normalized spacial score (nSPS) is 48.5. The quantitative estimate of drug-likeness (QED) is 0.558. The number of carbonyl (C=O) groups is 2. The Bertz CT molecular complexity index is 529. The Morgan fingerprint density at radius 1 is 1.53 bits per heavy atom. The number of ether oxygens (including phenoxy) is 1. The van der Waals surface area contributed by atoms with E-state index in [9.17, 15) is 15.1 Å². The highest BCUT2D eigenvalue weighted by molar-refractivity contribution is 6.13. The van der Waals surface area contributed by atoms with Crippen LogP contribution in [-0.4, -0.2) is 39.5 Å². The number of rotatable bonds is 2. The molecule has 0 saturated carbocycles. The van der Waals surface area contributed by atoms with Crippen molar-refractivity contribution in [2.75, 3.05) is 6.61 Å². The second-order valence-electron chi connectivity index (χ2n) is 6.09. The first-order valence-corrected chi connectivity index (χ1v) is 6.70. The molecule has 0 N–H and O–H groups in total. The van der Waals surface area contributed by atoms with E-state index in [-0.39, 0.29) is 18.0 Å². The highest BCUT2D eigenvalue weighted by Gasteiger charge is 2.86. The van der Waals surface area contributed by atoms with Gasteiger partial charge in [0.2, 0.25) is 28.2 Å². The Balaban J connectivity index is 2.31. The number of nitrogens with zero attached hydrogens (tertiary/aromatic N) is 2. The molecular formula is C14H18N2O3. The first kappa shape index (κ1) is 12.7. The molecule has 19 heavy (non-hydrogen) atoms. The van der Waals surface area contributed by atoms with Crippen molar-refractivity contribution in [2.24, 2.45) is 5.92 Å². The molecule has 0 aromatic rings. The average Bonchev–Trinajstić information content (AvgIpc) is 2.61. The summed E-state index contributed by atoms with van der Waals surface area (Å²) in [5.74, 6) is -0.704. The number of Topliss-reactive ketones (excluding diaryl/α,β-unsaturated/α-hetero) is 2. The van der Waals surface area contributed by atoms with Crippen LogP contribution in [0.4, 0.5) is 0 Å². The van der Waals surface area contributed by atoms with E-state index in [0.29, 0.717) is 13.0 Å². The number of ketones is 2. The third kappa shape index (κ3) is 1.00. The maximum Gasteiger partial charge on any atom is 0.245 e. The Labute approximate surface area is 112 Å². The van der Waals surface area contributed by atoms with E-state index in [1.54, 1.807) is 19.9 Å². The third-order valence-corrected chi connectivity index (χ3v) is 5.37. The standard InChI is InChI=1S/C14H18N2O3/c1-4-7-14-11(18)12(2)9(6-5-8-19-14)10(17)13(14,3)16(12)15/h4,9H,1,5-8H2,2-3H3. The van der Waals surface area contributed by atoms with Crippen molar-refractivity contribution in [3.63, 3.8) is 0 Å². The predicted octanol–water partition coefficient (Wildman–Crippen LogP) is 1.44. The summed E-state index contributed by atoms with van der Waals surface area (Å²) in [6, 6.07) is 0. The topological polar surface area (TPSA) is 68.7 Å². The van der Waals surface area contributed by atoms with Crippen molar-refractivity contribution in [1.82, 2.24) is 0 Å². The number of hydrogen-bond donors (Lipinski definition) is 0. The Kier molecular flexibility index (Phi) is 2.26. The van der Waals surface area contributed by atoms with Crippen molar-refractivity contribution >= 4 is 11.6 Å². The Hall–Kier alpha value is -1.36. The monoisotopic (exact) mass is 262 g/mol. The molecule has 3 bridgehead atoms. The highest BCUT2D eigenvalue weighted by atomic mass is 16.5. The number of carbonyl (C=O) groups excluding carboxylic acids is 2. The molecule has 0 aromatic carbocycles. The molecule has 0 radical (unpaired) electrons. The maximum atomic E-state index is 12.9. The van der Waals surface area contributed by atoms with Gasteiger partial charge in [-0.2, -0.15) is 0 Å². The van der Waals surface area contributed by atoms with Crippen LogP contribution < -0.4 is 0 Å². The fourth-order valence-corrected chi connectivity index (χ4v) is 4.27. The van der Waals surface area contributed by atoms with Gasteiger partial charge in [0.05, 0.1) is 5.92 Å². The van der Waals surface area contributed by atoms with Crippen LogP contribution in [0.15, 0.2) is 12.7 Å². The summed E-state index contributed by atoms with van der Waals surface area (Å²) in [7, 11) is 0. The summed E-state index contributed by atoms with van der Waals surface area (Å²) in [4.78, 5) is 25.6. The van der Waals surface area contributed by atoms with Crippen LogP contribution in [0.25, 0.3) is 5.53 Å². The lowest BCUT2D eigenvalue weighted by atomic mass is 9.62. The minimum absolute atomic E-state index is 0.0846. The molecule has 5 nitrogen and oxygen atoms in total. The van der Waals surface area contributed by atoms with Gasteiger partial charge in [-0.3, -0.25) is 14.3 Å². The lowest BCUT2D eigenvalue weighted by Crippen LogP contribution is -2.66. The van der Waals surface area contributed by atoms with Gasteiger partial charge in [-0.05, 0) is 12.8 Å². The van der Waals surface area contributed by atoms with Gasteiger partial charge in [0.15, 0.2) is 0 Å². The van der Waals surface area contributed by atoms with E-state index in [1.807, 2.05) is 0 Å². The van der Waals surface area contributed by atoms with Crippen LogP contribution in [-0.2, 0) is 14.3 Å². The van der Waals surface area contributed by atoms with Gasteiger partial charge in [-0.15, -0.1) is 6.58 Å². The SMILES string of the molecule is C=CCC12OCCCC3C(=O)C1(C)[N+](=[N-])C3(C)C2=O. The Morgan fingerprint density at radius 3 is 2.84 bits per heavy atom. The van der Waals surface area contributed by atoms with E-state index < -0.39 is 22.6 Å². The summed E-state index contributed by atoms with van der Waals surface area (Å²) in [5, 5.41) is 0. The molecule has 3 aliphatic heterocycles. The average molecular weight is 262 g/mol. The van der Waals surface area contributed by atoms with E-state index in [4.69, 9.17) is 4.74 Å². The molecule has 3 rings (SSSR count). The van der Waals surface area contributed by atoms with Gasteiger partial charge in [0, 0.05) is 26.9 Å². The zero-order valence-electron chi connectivity index (χ0n) is 11.3. The first-order chi connectivity index (χ1) is 8.87. The fraction of sp³-hybridized carbons (Fsp3) is 0.714. The lowest BCUT2D eigenvalue weighted by Gasteiger charge is -2.40. The molecule has 0 aromatic heterocycles. The molecule has 3 saturated heterocycles. The van der Waals surface area contributed by atoms with Crippen molar-refractivity contribution in [2.45, 2.75) is 49.8 Å². The van der Waals surface area contributed by atoms with Gasteiger partial charge in [0.25, 0.3) is 0 Å². The largest absolute Gasteiger partial charge is 0.505 e. The van der Waals surface area contributed by atoms with Gasteiger partial charge in [-0.1, -0.05) is 6.08 Å². The summed E-state index contributed by atoms with van der Waals surface area (Å²) in [6.07, 6.45) is 3.14. The van der Waals surface area contributed by atoms with Crippen molar-refractivity contribution < 1.29 is 19.0 Å². The molecule has 102 valence electrons. The van der Waals surface area contributed by atoms with Crippen molar-refractivity contribution in [1.29, 1.82) is 0 Å². The number of fused-ring (bicyclic) bond motifs is 3. The zero-order chi connectivity index (χ0) is 14.1. The molecule has 3 aliphatic rings. The highest BCUT2D eigenvalue weighted by Crippen LogP contribution is 2.58. The summed E-state index contributed by atoms with van der Waals surface area (Å²) < 4.78 is 6.79. The first-order valence-electron chi connectivity index (χ1n) is 6.70. The van der Waals surface area contributed by atoms with E-state index in [0.717, 1.165) is 11.1 Å². The van der Waals surface area contributed by atoms with Crippen LogP contribution in [0.5, 0.6) is 0 Å². The zero-order valence-corrected chi connectivity index (χ0v) is 11.3. The van der Waals surface area contributed by atoms with E-state index in [2.05, 4.69) is 6.58 Å². The fourth-order valence-electron chi connectivity index (χ4n) is 4.27. The summed E-state index contributed by atoms with van der Waals surface area (Å²) >= 11 is 0. The van der Waals surface area contributed by atoms with Crippen LogP contribution in [0.1, 0.15) is 33.1 Å². The van der Waals surface area contributed by atoms with Gasteiger partial charge in [-0.25, -0.2) is 0 Å². The second kappa shape index (κ2) is 3.39. The number of hydrogen-bond acceptors (Lipinski definition) is 3. The Morgan fingerprint density at radius 2 is 2.21 bits per heavy atom. The lowest BCUT2D eigenvalue weighted by molar-refractivity contribution is -0.640. The van der Waals surface area contributed by atoms with E-state index in [1.165, 1.54) is 0 Å². The maximum absolute atomic E-state index is 12.9. The van der Waals surface area contributed by atoms with Gasteiger partial charge < -0.3 is 10.3 Å². The molecule has 3 heterocycles. The van der Waals surface area contributed by atoms with Crippen LogP contribution in [0.2, 0.25) is 0 Å². The molecule has 5 heteroatoms. The van der Waals surface area contributed by atoms with E-state index >= 15 is 0 Å².